The van der Waals surface area contributed by atoms with E-state index in [1.54, 1.807) is 0 Å². The molecule has 3 N–H and O–H groups in total. The average molecular weight is 275 g/mol. The third kappa shape index (κ3) is 3.58. The van der Waals surface area contributed by atoms with Crippen molar-refractivity contribution in [2.24, 2.45) is 11.7 Å². The van der Waals surface area contributed by atoms with Crippen LogP contribution in [0.25, 0.3) is 0 Å². The molecule has 110 valence electrons. The van der Waals surface area contributed by atoms with Crippen LogP contribution in [0.15, 0.2) is 24.3 Å². The van der Waals surface area contributed by atoms with Crippen LogP contribution in [-0.4, -0.2) is 29.9 Å². The number of nitrogens with two attached hydrogens (primary N) is 1. The molecule has 0 aromatic heterocycles. The summed E-state index contributed by atoms with van der Waals surface area (Å²) in [7, 11) is 0. The molecule has 0 bridgehead atoms. The number of anilines is 1. The van der Waals surface area contributed by atoms with Gasteiger partial charge < -0.3 is 11.1 Å². The molecule has 2 rings (SSSR count). The molecule has 0 aliphatic carbocycles. The highest BCUT2D eigenvalue weighted by molar-refractivity contribution is 5.95. The van der Waals surface area contributed by atoms with E-state index in [-0.39, 0.29) is 11.9 Å². The SMILES string of the molecule is CC1CCCN(C(C)C(=O)Nc2ccccc2CN)C1. The smallest absolute Gasteiger partial charge is 0.241 e. The summed E-state index contributed by atoms with van der Waals surface area (Å²) < 4.78 is 0. The quantitative estimate of drug-likeness (QED) is 0.885. The molecule has 0 saturated carbocycles. The van der Waals surface area contributed by atoms with E-state index < -0.39 is 0 Å². The first-order valence-electron chi connectivity index (χ1n) is 7.44. The van der Waals surface area contributed by atoms with Crippen molar-refractivity contribution in [1.82, 2.24) is 4.90 Å². The van der Waals surface area contributed by atoms with Crippen LogP contribution in [-0.2, 0) is 11.3 Å². The van der Waals surface area contributed by atoms with Gasteiger partial charge in [-0.1, -0.05) is 25.1 Å². The highest BCUT2D eigenvalue weighted by atomic mass is 16.2. The molecule has 1 aliphatic rings. The van der Waals surface area contributed by atoms with Crippen molar-refractivity contribution >= 4 is 11.6 Å². The lowest BCUT2D eigenvalue weighted by Gasteiger charge is -2.34. The van der Waals surface area contributed by atoms with E-state index in [4.69, 9.17) is 5.73 Å². The maximum Gasteiger partial charge on any atom is 0.241 e. The molecule has 1 fully saturated rings. The van der Waals surface area contributed by atoms with Crippen molar-refractivity contribution in [1.29, 1.82) is 0 Å². The number of nitrogens with zero attached hydrogens (tertiary/aromatic N) is 1. The summed E-state index contributed by atoms with van der Waals surface area (Å²) in [6.45, 7) is 6.69. The molecule has 4 nitrogen and oxygen atoms in total. The predicted octanol–water partition coefficient (Wildman–Crippen LogP) is 2.20. The fourth-order valence-electron chi connectivity index (χ4n) is 2.80. The number of nitrogens with one attached hydrogen (secondary N) is 1. The number of hydrogen-bond acceptors (Lipinski definition) is 3. The molecular formula is C16H25N3O. The van der Waals surface area contributed by atoms with Crippen molar-refractivity contribution < 1.29 is 4.79 Å². The Kier molecular flexibility index (Phi) is 5.15. The Hall–Kier alpha value is -1.39. The molecule has 2 atom stereocenters. The summed E-state index contributed by atoms with van der Waals surface area (Å²) in [5, 5.41) is 3.01. The third-order valence-electron chi connectivity index (χ3n) is 4.11. The summed E-state index contributed by atoms with van der Waals surface area (Å²) in [4.78, 5) is 14.7. The molecule has 1 saturated heterocycles. The number of benzene rings is 1. The van der Waals surface area contributed by atoms with Crippen molar-refractivity contribution in [2.45, 2.75) is 39.3 Å². The van der Waals surface area contributed by atoms with E-state index in [2.05, 4.69) is 17.1 Å². The van der Waals surface area contributed by atoms with Crippen LogP contribution in [0.4, 0.5) is 5.69 Å². The van der Waals surface area contributed by atoms with Crippen LogP contribution >= 0.6 is 0 Å². The average Bonchev–Trinajstić information content (AvgIpc) is 2.47. The van der Waals surface area contributed by atoms with Crippen LogP contribution in [0.3, 0.4) is 0 Å². The molecule has 4 heteroatoms. The van der Waals surface area contributed by atoms with Crippen LogP contribution in [0.1, 0.15) is 32.3 Å². The van der Waals surface area contributed by atoms with E-state index in [1.165, 1.54) is 12.8 Å². The van der Waals surface area contributed by atoms with Crippen LogP contribution in [0.5, 0.6) is 0 Å². The zero-order valence-electron chi connectivity index (χ0n) is 12.4. The van der Waals surface area contributed by atoms with Gasteiger partial charge in [0, 0.05) is 18.8 Å². The minimum Gasteiger partial charge on any atom is -0.326 e. The number of amides is 1. The fraction of sp³-hybridized carbons (Fsp3) is 0.562. The van der Waals surface area contributed by atoms with Gasteiger partial charge in [-0.15, -0.1) is 0 Å². The van der Waals surface area contributed by atoms with Gasteiger partial charge in [0.05, 0.1) is 6.04 Å². The Morgan fingerprint density at radius 1 is 1.50 bits per heavy atom. The summed E-state index contributed by atoms with van der Waals surface area (Å²) in [5.41, 5.74) is 7.50. The van der Waals surface area contributed by atoms with Crippen LogP contribution in [0.2, 0.25) is 0 Å². The molecule has 1 aliphatic heterocycles. The zero-order valence-corrected chi connectivity index (χ0v) is 12.4. The van der Waals surface area contributed by atoms with Gasteiger partial charge in [-0.05, 0) is 43.9 Å². The Balaban J connectivity index is 2.00. The maximum absolute atomic E-state index is 12.4. The first-order chi connectivity index (χ1) is 9.61. The lowest BCUT2D eigenvalue weighted by molar-refractivity contribution is -0.121. The van der Waals surface area contributed by atoms with Gasteiger partial charge in [0.25, 0.3) is 0 Å². The highest BCUT2D eigenvalue weighted by Crippen LogP contribution is 2.19. The summed E-state index contributed by atoms with van der Waals surface area (Å²) in [5.74, 6) is 0.732. The second kappa shape index (κ2) is 6.86. The second-order valence-corrected chi connectivity index (χ2v) is 5.77. The van der Waals surface area contributed by atoms with Gasteiger partial charge in [-0.25, -0.2) is 0 Å². The number of carbonyl (C=O) groups excluding carboxylic acids is 1. The van der Waals surface area contributed by atoms with E-state index in [0.29, 0.717) is 12.5 Å². The number of piperidine rings is 1. The number of likely N-dealkylation sites (tertiary alicyclic amines) is 1. The van der Waals surface area contributed by atoms with Crippen molar-refractivity contribution in [3.05, 3.63) is 29.8 Å². The topological polar surface area (TPSA) is 58.4 Å². The third-order valence-corrected chi connectivity index (χ3v) is 4.11. The standard InChI is InChI=1S/C16H25N3O/c1-12-6-5-9-19(11-12)13(2)16(20)18-15-8-4-3-7-14(15)10-17/h3-4,7-8,12-13H,5-6,9-11,17H2,1-2H3,(H,18,20). The zero-order chi connectivity index (χ0) is 14.5. The Bertz CT molecular complexity index is 461. The molecule has 0 spiro atoms. The molecule has 1 amide bonds. The van der Waals surface area contributed by atoms with E-state index >= 15 is 0 Å². The molecular weight excluding hydrogens is 250 g/mol. The molecule has 1 heterocycles. The molecule has 1 aromatic rings. The normalized spacial score (nSPS) is 21.4. The van der Waals surface area contributed by atoms with Crippen molar-refractivity contribution in [3.8, 4) is 0 Å². The van der Waals surface area contributed by atoms with E-state index in [0.717, 1.165) is 24.3 Å². The Labute approximate surface area is 121 Å². The van der Waals surface area contributed by atoms with Gasteiger partial charge in [-0.3, -0.25) is 9.69 Å². The van der Waals surface area contributed by atoms with Crippen LogP contribution in [0, 0.1) is 5.92 Å². The molecule has 20 heavy (non-hydrogen) atoms. The summed E-state index contributed by atoms with van der Waals surface area (Å²) in [6.07, 6.45) is 2.44. The predicted molar refractivity (Wildman–Crippen MR) is 82.4 cm³/mol. The van der Waals surface area contributed by atoms with E-state index in [9.17, 15) is 4.79 Å². The summed E-state index contributed by atoms with van der Waals surface area (Å²) >= 11 is 0. The largest absolute Gasteiger partial charge is 0.326 e. The highest BCUT2D eigenvalue weighted by Gasteiger charge is 2.25. The molecule has 1 aromatic carbocycles. The first kappa shape index (κ1) is 15.0. The van der Waals surface area contributed by atoms with Crippen molar-refractivity contribution in [3.63, 3.8) is 0 Å². The van der Waals surface area contributed by atoms with Gasteiger partial charge in [0.2, 0.25) is 5.91 Å². The maximum atomic E-state index is 12.4. The van der Waals surface area contributed by atoms with Gasteiger partial charge in [0.1, 0.15) is 0 Å². The monoisotopic (exact) mass is 275 g/mol. The molecule has 2 unspecified atom stereocenters. The van der Waals surface area contributed by atoms with Crippen molar-refractivity contribution in [2.75, 3.05) is 18.4 Å². The number of rotatable bonds is 4. The minimum atomic E-state index is -0.0939. The lowest BCUT2D eigenvalue weighted by atomic mass is 9.99. The second-order valence-electron chi connectivity index (χ2n) is 5.77. The van der Waals surface area contributed by atoms with Gasteiger partial charge in [0.15, 0.2) is 0 Å². The van der Waals surface area contributed by atoms with Gasteiger partial charge >= 0.3 is 0 Å². The van der Waals surface area contributed by atoms with E-state index in [1.807, 2.05) is 31.2 Å². The Morgan fingerprint density at radius 2 is 2.25 bits per heavy atom. The fourth-order valence-corrected chi connectivity index (χ4v) is 2.80. The lowest BCUT2D eigenvalue weighted by Crippen LogP contribution is -2.46. The number of carbonyl (C=O) groups is 1. The number of para-hydroxylation sites is 1. The minimum absolute atomic E-state index is 0.0556. The Morgan fingerprint density at radius 3 is 2.95 bits per heavy atom. The van der Waals surface area contributed by atoms with Gasteiger partial charge in [-0.2, -0.15) is 0 Å². The van der Waals surface area contributed by atoms with Crippen LogP contribution < -0.4 is 11.1 Å². The first-order valence-corrected chi connectivity index (χ1v) is 7.44. The number of hydrogen-bond donors (Lipinski definition) is 2. The molecule has 0 radical (unpaired) electrons. The summed E-state index contributed by atoms with van der Waals surface area (Å²) in [6, 6.07) is 7.62.